The lowest BCUT2D eigenvalue weighted by Crippen LogP contribution is -2.37. The number of aliphatic hydroxyl groups is 1. The van der Waals surface area contributed by atoms with Gasteiger partial charge in [-0.05, 0) is 30.7 Å². The number of aromatic nitrogens is 1. The summed E-state index contributed by atoms with van der Waals surface area (Å²) in [6.07, 6.45) is 0.678. The van der Waals surface area contributed by atoms with Gasteiger partial charge in [0.15, 0.2) is 0 Å². The van der Waals surface area contributed by atoms with Crippen LogP contribution in [0.3, 0.4) is 0 Å². The van der Waals surface area contributed by atoms with Crippen molar-refractivity contribution >= 4 is 17.2 Å². The number of carbonyl (C=O) groups excluding carboxylic acids is 1. The van der Waals surface area contributed by atoms with E-state index in [0.717, 1.165) is 16.3 Å². The van der Waals surface area contributed by atoms with Crippen molar-refractivity contribution in [1.82, 2.24) is 10.3 Å². The Morgan fingerprint density at radius 2 is 2.14 bits per heavy atom. The van der Waals surface area contributed by atoms with Crippen LogP contribution in [0.15, 0.2) is 29.6 Å². The van der Waals surface area contributed by atoms with Gasteiger partial charge in [0, 0.05) is 10.9 Å². The summed E-state index contributed by atoms with van der Waals surface area (Å²) in [4.78, 5) is 16.4. The first kappa shape index (κ1) is 15.5. The van der Waals surface area contributed by atoms with Crippen molar-refractivity contribution in [3.63, 3.8) is 0 Å². The highest BCUT2D eigenvalue weighted by atomic mass is 32.1. The maximum Gasteiger partial charge on any atom is 0.271 e. The molecule has 1 atom stereocenters. The topological polar surface area (TPSA) is 71.5 Å². The molecule has 2 aromatic rings. The standard InChI is InChI=1S/C15H18N2O3S/c1-3-11(8-18)16-14(19)13-9-21-15(17-13)10-4-6-12(20-2)7-5-10/h4-7,9,11,18H,3,8H2,1-2H3,(H,16,19). The number of benzene rings is 1. The zero-order chi connectivity index (χ0) is 15.2. The molecule has 1 aromatic carbocycles. The number of hydrogen-bond donors (Lipinski definition) is 2. The van der Waals surface area contributed by atoms with Crippen LogP contribution in [-0.4, -0.2) is 35.8 Å². The van der Waals surface area contributed by atoms with Gasteiger partial charge in [0.25, 0.3) is 5.91 Å². The van der Waals surface area contributed by atoms with Crippen LogP contribution < -0.4 is 10.1 Å². The Hall–Kier alpha value is -1.92. The van der Waals surface area contributed by atoms with Gasteiger partial charge >= 0.3 is 0 Å². The van der Waals surface area contributed by atoms with E-state index >= 15 is 0 Å². The maximum absolute atomic E-state index is 12.0. The maximum atomic E-state index is 12.0. The van der Waals surface area contributed by atoms with E-state index in [2.05, 4.69) is 10.3 Å². The molecule has 2 N–H and O–H groups in total. The summed E-state index contributed by atoms with van der Waals surface area (Å²) in [5.74, 6) is 0.522. The number of aliphatic hydroxyl groups excluding tert-OH is 1. The Morgan fingerprint density at radius 1 is 1.43 bits per heavy atom. The molecule has 0 saturated carbocycles. The first-order chi connectivity index (χ1) is 10.2. The number of rotatable bonds is 6. The third-order valence-corrected chi connectivity index (χ3v) is 4.01. The van der Waals surface area contributed by atoms with Crippen LogP contribution in [0.5, 0.6) is 5.75 Å². The van der Waals surface area contributed by atoms with Crippen LogP contribution in [0.4, 0.5) is 0 Å². The number of nitrogens with zero attached hydrogens (tertiary/aromatic N) is 1. The molecular weight excluding hydrogens is 288 g/mol. The molecule has 0 aliphatic heterocycles. The Morgan fingerprint density at radius 3 is 2.71 bits per heavy atom. The van der Waals surface area contributed by atoms with Gasteiger partial charge in [0.05, 0.1) is 19.8 Å². The van der Waals surface area contributed by atoms with E-state index in [-0.39, 0.29) is 18.6 Å². The van der Waals surface area contributed by atoms with Crippen LogP contribution in [0.2, 0.25) is 0 Å². The van der Waals surface area contributed by atoms with E-state index in [1.54, 1.807) is 12.5 Å². The summed E-state index contributed by atoms with van der Waals surface area (Å²) in [5, 5.41) is 14.4. The molecule has 1 unspecified atom stereocenters. The van der Waals surface area contributed by atoms with E-state index < -0.39 is 0 Å². The van der Waals surface area contributed by atoms with Gasteiger partial charge in [-0.1, -0.05) is 6.92 Å². The minimum atomic E-state index is -0.257. The van der Waals surface area contributed by atoms with Gasteiger partial charge < -0.3 is 15.2 Å². The molecular formula is C15H18N2O3S. The van der Waals surface area contributed by atoms with Crippen molar-refractivity contribution in [3.05, 3.63) is 35.3 Å². The van der Waals surface area contributed by atoms with Crippen LogP contribution in [0.25, 0.3) is 10.6 Å². The van der Waals surface area contributed by atoms with Crippen molar-refractivity contribution in [1.29, 1.82) is 0 Å². The minimum Gasteiger partial charge on any atom is -0.497 e. The molecule has 2 rings (SSSR count). The van der Waals surface area contributed by atoms with Crippen molar-refractivity contribution in [3.8, 4) is 16.3 Å². The molecule has 21 heavy (non-hydrogen) atoms. The molecule has 112 valence electrons. The summed E-state index contributed by atoms with van der Waals surface area (Å²) in [6, 6.07) is 7.29. The van der Waals surface area contributed by atoms with Gasteiger partial charge in [-0.3, -0.25) is 4.79 Å². The Bertz CT molecular complexity index is 591. The second-order valence-electron chi connectivity index (χ2n) is 4.53. The zero-order valence-electron chi connectivity index (χ0n) is 12.0. The number of hydrogen-bond acceptors (Lipinski definition) is 5. The summed E-state index contributed by atoms with van der Waals surface area (Å²) >= 11 is 1.41. The summed E-state index contributed by atoms with van der Waals surface area (Å²) in [6.45, 7) is 1.84. The highest BCUT2D eigenvalue weighted by molar-refractivity contribution is 7.13. The van der Waals surface area contributed by atoms with E-state index in [0.29, 0.717) is 12.1 Å². The van der Waals surface area contributed by atoms with Crippen LogP contribution in [0.1, 0.15) is 23.8 Å². The lowest BCUT2D eigenvalue weighted by molar-refractivity contribution is 0.0910. The molecule has 0 aliphatic rings. The highest BCUT2D eigenvalue weighted by Gasteiger charge is 2.15. The van der Waals surface area contributed by atoms with Gasteiger partial charge in [-0.2, -0.15) is 0 Å². The average Bonchev–Trinajstić information content (AvgIpc) is 3.02. The first-order valence-corrected chi connectivity index (χ1v) is 7.57. The van der Waals surface area contributed by atoms with Gasteiger partial charge in [-0.25, -0.2) is 4.98 Å². The smallest absolute Gasteiger partial charge is 0.271 e. The van der Waals surface area contributed by atoms with E-state index in [4.69, 9.17) is 9.84 Å². The third kappa shape index (κ3) is 3.80. The predicted molar refractivity (Wildman–Crippen MR) is 82.7 cm³/mol. The molecule has 5 nitrogen and oxygen atoms in total. The molecule has 0 radical (unpaired) electrons. The Kier molecular flexibility index (Phi) is 5.30. The van der Waals surface area contributed by atoms with E-state index in [1.807, 2.05) is 31.2 Å². The molecule has 1 aromatic heterocycles. The molecule has 0 fully saturated rings. The number of amides is 1. The molecule has 1 amide bonds. The molecule has 6 heteroatoms. The number of ether oxygens (including phenoxy) is 1. The normalized spacial score (nSPS) is 12.0. The third-order valence-electron chi connectivity index (χ3n) is 3.12. The second-order valence-corrected chi connectivity index (χ2v) is 5.39. The number of thiazole rings is 1. The fourth-order valence-electron chi connectivity index (χ4n) is 1.78. The van der Waals surface area contributed by atoms with Gasteiger partial charge in [-0.15, -0.1) is 11.3 Å². The Labute approximate surface area is 127 Å². The fraction of sp³-hybridized carbons (Fsp3) is 0.333. The van der Waals surface area contributed by atoms with Crippen LogP contribution in [-0.2, 0) is 0 Å². The molecule has 1 heterocycles. The van der Waals surface area contributed by atoms with Crippen molar-refractivity contribution in [2.24, 2.45) is 0 Å². The van der Waals surface area contributed by atoms with Gasteiger partial charge in [0.1, 0.15) is 16.5 Å². The largest absolute Gasteiger partial charge is 0.497 e. The molecule has 0 spiro atoms. The minimum absolute atomic E-state index is 0.0717. The molecule has 0 saturated heterocycles. The SMILES string of the molecule is CCC(CO)NC(=O)c1csc(-c2ccc(OC)cc2)n1. The Balaban J connectivity index is 2.11. The summed E-state index contributed by atoms with van der Waals surface area (Å²) in [5.41, 5.74) is 1.31. The quantitative estimate of drug-likeness (QED) is 0.859. The first-order valence-electron chi connectivity index (χ1n) is 6.69. The van der Waals surface area contributed by atoms with Crippen LogP contribution in [0, 0.1) is 0 Å². The van der Waals surface area contributed by atoms with E-state index in [9.17, 15) is 4.79 Å². The number of nitrogens with one attached hydrogen (secondary N) is 1. The second kappa shape index (κ2) is 7.19. The predicted octanol–water partition coefficient (Wildman–Crippen LogP) is 2.32. The molecule has 0 aliphatic carbocycles. The number of carbonyl (C=O) groups is 1. The highest BCUT2D eigenvalue weighted by Crippen LogP contribution is 2.25. The summed E-state index contributed by atoms with van der Waals surface area (Å²) in [7, 11) is 1.62. The fourth-order valence-corrected chi connectivity index (χ4v) is 2.59. The van der Waals surface area contributed by atoms with Crippen LogP contribution >= 0.6 is 11.3 Å². The summed E-state index contributed by atoms with van der Waals surface area (Å²) < 4.78 is 5.11. The van der Waals surface area contributed by atoms with Crippen molar-refractivity contribution < 1.29 is 14.6 Å². The molecule has 0 bridgehead atoms. The zero-order valence-corrected chi connectivity index (χ0v) is 12.8. The van der Waals surface area contributed by atoms with Crippen molar-refractivity contribution in [2.75, 3.05) is 13.7 Å². The number of methoxy groups -OCH3 is 1. The lowest BCUT2D eigenvalue weighted by atomic mass is 10.2. The average molecular weight is 306 g/mol. The lowest BCUT2D eigenvalue weighted by Gasteiger charge is -2.12. The van der Waals surface area contributed by atoms with E-state index in [1.165, 1.54) is 11.3 Å². The monoisotopic (exact) mass is 306 g/mol. The van der Waals surface area contributed by atoms with Crippen molar-refractivity contribution in [2.45, 2.75) is 19.4 Å². The van der Waals surface area contributed by atoms with Gasteiger partial charge in [0.2, 0.25) is 0 Å².